The van der Waals surface area contributed by atoms with Crippen molar-refractivity contribution in [2.24, 2.45) is 0 Å². The molecule has 2 rings (SSSR count). The summed E-state index contributed by atoms with van der Waals surface area (Å²) < 4.78 is 5.98. The molecule has 0 aliphatic rings. The monoisotopic (exact) mass is 210 g/mol. The summed E-state index contributed by atoms with van der Waals surface area (Å²) in [5.74, 6) is -1.00. The fraction of sp³-hybridized carbons (Fsp3) is 0.143. The zero-order valence-corrected chi connectivity index (χ0v) is 7.38. The normalized spacial score (nSPS) is 10.4. The van der Waals surface area contributed by atoms with Crippen molar-refractivity contribution in [2.75, 3.05) is 6.61 Å². The van der Waals surface area contributed by atoms with E-state index in [1.165, 1.54) is 16.8 Å². The van der Waals surface area contributed by atoms with Crippen LogP contribution in [0.2, 0.25) is 0 Å². The Morgan fingerprint density at radius 2 is 2.47 bits per heavy atom. The Hall–Kier alpha value is -2.38. The molecule has 2 N–H and O–H groups in total. The Morgan fingerprint density at radius 3 is 3.20 bits per heavy atom. The van der Waals surface area contributed by atoms with E-state index >= 15 is 0 Å². The first kappa shape index (κ1) is 9.19. The van der Waals surface area contributed by atoms with Crippen molar-refractivity contribution < 1.29 is 14.6 Å². The van der Waals surface area contributed by atoms with Crippen LogP contribution in [0.5, 0.6) is 5.88 Å². The summed E-state index contributed by atoms with van der Waals surface area (Å²) in [6.07, 6.45) is 1.21. The van der Waals surface area contributed by atoms with Crippen LogP contribution in [0.3, 0.4) is 0 Å². The van der Waals surface area contributed by atoms with E-state index in [9.17, 15) is 9.59 Å². The number of H-pyrrole nitrogens is 1. The maximum Gasteiger partial charge on any atom is 0.348 e. The van der Waals surface area contributed by atoms with Crippen molar-refractivity contribution in [2.45, 2.75) is 0 Å². The van der Waals surface area contributed by atoms with Gasteiger partial charge >= 0.3 is 11.7 Å². The van der Waals surface area contributed by atoms with Gasteiger partial charge in [0.1, 0.15) is 6.33 Å². The molecule has 0 atom stereocenters. The third-order valence-corrected chi connectivity index (χ3v) is 1.63. The number of carboxylic acids is 1. The minimum atomic E-state index is -1.10. The zero-order chi connectivity index (χ0) is 10.8. The second-order valence-electron chi connectivity index (χ2n) is 2.67. The molecule has 0 fully saturated rings. The van der Waals surface area contributed by atoms with Gasteiger partial charge in [-0.1, -0.05) is 0 Å². The number of hydrogen-bond acceptors (Lipinski definition) is 5. The average molecular weight is 210 g/mol. The van der Waals surface area contributed by atoms with Crippen LogP contribution in [0, 0.1) is 0 Å². The highest BCUT2D eigenvalue weighted by Gasteiger charge is 2.04. The molecule has 0 saturated carbocycles. The van der Waals surface area contributed by atoms with Crippen LogP contribution in [0.25, 0.3) is 5.65 Å². The lowest BCUT2D eigenvalue weighted by Gasteiger charge is -2.00. The number of carbonyl (C=O) groups is 1. The van der Waals surface area contributed by atoms with Gasteiger partial charge in [-0.3, -0.25) is 0 Å². The predicted molar refractivity (Wildman–Crippen MR) is 46.7 cm³/mol. The molecule has 78 valence electrons. The molecule has 8 nitrogen and oxygen atoms in total. The third-order valence-electron chi connectivity index (χ3n) is 1.63. The second-order valence-corrected chi connectivity index (χ2v) is 2.67. The number of aromatic nitrogens is 4. The van der Waals surface area contributed by atoms with E-state index in [0.29, 0.717) is 5.65 Å². The van der Waals surface area contributed by atoms with Gasteiger partial charge in [-0.2, -0.15) is 5.10 Å². The van der Waals surface area contributed by atoms with Gasteiger partial charge < -0.3 is 9.84 Å². The molecule has 0 radical (unpaired) electrons. The van der Waals surface area contributed by atoms with E-state index in [-0.39, 0.29) is 5.88 Å². The number of nitrogens with zero attached hydrogens (tertiary/aromatic N) is 3. The summed E-state index contributed by atoms with van der Waals surface area (Å²) in [6, 6.07) is 1.36. The lowest BCUT2D eigenvalue weighted by Crippen LogP contribution is -2.12. The smallest absolute Gasteiger partial charge is 0.348 e. The van der Waals surface area contributed by atoms with Crippen LogP contribution in [0.15, 0.2) is 17.2 Å². The fourth-order valence-corrected chi connectivity index (χ4v) is 1.01. The highest BCUT2D eigenvalue weighted by molar-refractivity contribution is 5.68. The summed E-state index contributed by atoms with van der Waals surface area (Å²) in [4.78, 5) is 25.0. The van der Waals surface area contributed by atoms with Crippen molar-refractivity contribution in [3.63, 3.8) is 0 Å². The van der Waals surface area contributed by atoms with Crippen molar-refractivity contribution in [3.8, 4) is 5.88 Å². The Bertz CT molecular complexity index is 557. The maximum absolute atomic E-state index is 11.0. The summed E-state index contributed by atoms with van der Waals surface area (Å²) in [7, 11) is 0. The Kier molecular flexibility index (Phi) is 2.08. The fourth-order valence-electron chi connectivity index (χ4n) is 1.01. The molecule has 15 heavy (non-hydrogen) atoms. The van der Waals surface area contributed by atoms with E-state index in [1.54, 1.807) is 0 Å². The molecule has 2 heterocycles. The summed E-state index contributed by atoms with van der Waals surface area (Å²) in [5, 5.41) is 14.2. The Morgan fingerprint density at radius 1 is 1.67 bits per heavy atom. The molecule has 0 amide bonds. The molecule has 0 spiro atoms. The van der Waals surface area contributed by atoms with Crippen molar-refractivity contribution in [3.05, 3.63) is 22.9 Å². The highest BCUT2D eigenvalue weighted by atomic mass is 16.5. The minimum Gasteiger partial charge on any atom is -0.479 e. The van der Waals surface area contributed by atoms with E-state index in [2.05, 4.69) is 15.2 Å². The molecule has 0 aliphatic heterocycles. The second kappa shape index (κ2) is 3.40. The van der Waals surface area contributed by atoms with Gasteiger partial charge in [-0.25, -0.2) is 24.1 Å². The largest absolute Gasteiger partial charge is 0.479 e. The average Bonchev–Trinajstić information content (AvgIpc) is 2.57. The number of fused-ring (bicyclic) bond motifs is 1. The van der Waals surface area contributed by atoms with Gasteiger partial charge in [0.25, 0.3) is 0 Å². The van der Waals surface area contributed by atoms with E-state index < -0.39 is 18.3 Å². The van der Waals surface area contributed by atoms with E-state index in [0.717, 1.165) is 0 Å². The molecule has 0 aromatic carbocycles. The van der Waals surface area contributed by atoms with Gasteiger partial charge in [0, 0.05) is 6.07 Å². The topological polar surface area (TPSA) is 110 Å². The molecule has 2 aromatic heterocycles. The Balaban J connectivity index is 2.31. The van der Waals surface area contributed by atoms with Crippen LogP contribution in [0.1, 0.15) is 0 Å². The van der Waals surface area contributed by atoms with Crippen LogP contribution in [-0.4, -0.2) is 37.3 Å². The molecular formula is C7H6N4O4. The first-order valence-corrected chi connectivity index (χ1v) is 3.94. The number of aliphatic carboxylic acids is 1. The maximum atomic E-state index is 11.0. The molecule has 0 unspecified atom stereocenters. The van der Waals surface area contributed by atoms with Crippen molar-refractivity contribution in [1.29, 1.82) is 0 Å². The zero-order valence-electron chi connectivity index (χ0n) is 7.38. The van der Waals surface area contributed by atoms with Gasteiger partial charge in [0.05, 0.1) is 0 Å². The van der Waals surface area contributed by atoms with Crippen molar-refractivity contribution in [1.82, 2.24) is 19.6 Å². The first-order valence-electron chi connectivity index (χ1n) is 3.94. The lowest BCUT2D eigenvalue weighted by molar-refractivity contribution is -0.139. The molecular weight excluding hydrogens is 204 g/mol. The SMILES string of the molecule is O=C(O)COc1cc2n[nH]c(=O)n2cn1. The minimum absolute atomic E-state index is 0.101. The highest BCUT2D eigenvalue weighted by Crippen LogP contribution is 2.06. The third kappa shape index (κ3) is 1.77. The summed E-state index contributed by atoms with van der Waals surface area (Å²) in [5.41, 5.74) is -0.0994. The quantitative estimate of drug-likeness (QED) is 0.664. The summed E-state index contributed by atoms with van der Waals surface area (Å²) >= 11 is 0. The predicted octanol–water partition coefficient (Wildman–Crippen LogP) is -1.12. The van der Waals surface area contributed by atoms with Crippen molar-refractivity contribution >= 4 is 11.6 Å². The first-order chi connectivity index (χ1) is 7.16. The molecule has 2 aromatic rings. The lowest BCUT2D eigenvalue weighted by atomic mass is 10.6. The number of ether oxygens (including phenoxy) is 1. The molecule has 0 saturated heterocycles. The van der Waals surface area contributed by atoms with Gasteiger partial charge in [-0.15, -0.1) is 0 Å². The summed E-state index contributed by atoms with van der Waals surface area (Å²) in [6.45, 7) is -0.488. The van der Waals surface area contributed by atoms with Gasteiger partial charge in [0.2, 0.25) is 5.88 Å². The number of aromatic amines is 1. The molecule has 0 bridgehead atoms. The van der Waals surface area contributed by atoms with E-state index in [1.807, 2.05) is 0 Å². The van der Waals surface area contributed by atoms with Crippen LogP contribution < -0.4 is 10.4 Å². The van der Waals surface area contributed by atoms with Crippen LogP contribution in [0.4, 0.5) is 0 Å². The van der Waals surface area contributed by atoms with Gasteiger partial charge in [-0.05, 0) is 0 Å². The van der Waals surface area contributed by atoms with Crippen LogP contribution >= 0.6 is 0 Å². The standard InChI is InChI=1S/C7H6N4O4/c12-6(13)2-15-5-1-4-9-10-7(14)11(4)3-8-5/h1,3H,2H2,(H,10,14)(H,12,13). The molecule has 8 heteroatoms. The van der Waals surface area contributed by atoms with Gasteiger partial charge in [0.15, 0.2) is 12.3 Å². The van der Waals surface area contributed by atoms with E-state index in [4.69, 9.17) is 9.84 Å². The number of rotatable bonds is 3. The van der Waals surface area contributed by atoms with Crippen LogP contribution in [-0.2, 0) is 4.79 Å². The Labute approximate surface area is 82.1 Å². The number of hydrogen-bond donors (Lipinski definition) is 2. The number of nitrogens with one attached hydrogen (secondary N) is 1. The number of carboxylic acid groups (broad SMARTS) is 1. The molecule has 0 aliphatic carbocycles.